The van der Waals surface area contributed by atoms with E-state index in [9.17, 15) is 4.79 Å². The minimum atomic E-state index is -0.287. The average molecular weight is 370 g/mol. The van der Waals surface area contributed by atoms with Gasteiger partial charge in [0.25, 0.3) is 5.91 Å². The van der Waals surface area contributed by atoms with Crippen molar-refractivity contribution in [3.63, 3.8) is 0 Å². The first-order valence-electron chi connectivity index (χ1n) is 8.42. The summed E-state index contributed by atoms with van der Waals surface area (Å²) in [5, 5.41) is 10.5. The number of para-hydroxylation sites is 1. The Balaban J connectivity index is 2.14. The molecule has 0 spiro atoms. The lowest BCUT2D eigenvalue weighted by atomic mass is 10.1. The summed E-state index contributed by atoms with van der Waals surface area (Å²) >= 11 is 6.36. The van der Waals surface area contributed by atoms with Crippen LogP contribution in [0.5, 0.6) is 0 Å². The topological polar surface area (TPSA) is 66.3 Å². The Morgan fingerprint density at radius 3 is 2.58 bits per heavy atom. The smallest absolute Gasteiger partial charge is 0.291 e. The second-order valence-electron chi connectivity index (χ2n) is 6.17. The van der Waals surface area contributed by atoms with Crippen molar-refractivity contribution in [1.29, 1.82) is 0 Å². The van der Waals surface area contributed by atoms with Crippen molar-refractivity contribution < 1.29 is 9.90 Å². The van der Waals surface area contributed by atoms with E-state index in [1.165, 1.54) is 0 Å². The third kappa shape index (κ3) is 3.54. The van der Waals surface area contributed by atoms with Gasteiger partial charge in [0, 0.05) is 35.7 Å². The van der Waals surface area contributed by atoms with E-state index in [2.05, 4.69) is 9.97 Å². The van der Waals surface area contributed by atoms with Crippen LogP contribution < -0.4 is 0 Å². The van der Waals surface area contributed by atoms with E-state index >= 15 is 0 Å². The lowest BCUT2D eigenvalue weighted by Crippen LogP contribution is -2.36. The minimum absolute atomic E-state index is 0.0161. The van der Waals surface area contributed by atoms with Crippen molar-refractivity contribution in [1.82, 2.24) is 14.9 Å². The zero-order chi connectivity index (χ0) is 18.7. The highest BCUT2D eigenvalue weighted by molar-refractivity contribution is 6.33. The van der Waals surface area contributed by atoms with E-state index in [0.29, 0.717) is 22.7 Å². The lowest BCUT2D eigenvalue weighted by Gasteiger charge is -2.24. The van der Waals surface area contributed by atoms with E-state index in [1.807, 2.05) is 49.4 Å². The summed E-state index contributed by atoms with van der Waals surface area (Å²) in [4.78, 5) is 23.4. The molecule has 0 saturated heterocycles. The standard InChI is InChI=1S/C20H20ClN3O2/c1-13(11-12-25)24(2)20(26)19-22-17-10-6-4-8-15(17)18(23-19)14-7-3-5-9-16(14)21/h3-10,13,25H,11-12H2,1-2H3. The first-order valence-corrected chi connectivity index (χ1v) is 8.80. The van der Waals surface area contributed by atoms with Gasteiger partial charge >= 0.3 is 0 Å². The second-order valence-corrected chi connectivity index (χ2v) is 6.58. The largest absolute Gasteiger partial charge is 0.396 e. The number of carbonyl (C=O) groups excluding carboxylic acids is 1. The Labute approximate surface area is 157 Å². The van der Waals surface area contributed by atoms with Crippen LogP contribution in [0.1, 0.15) is 24.0 Å². The maximum Gasteiger partial charge on any atom is 0.291 e. The number of aliphatic hydroxyl groups is 1. The monoisotopic (exact) mass is 369 g/mol. The quantitative estimate of drug-likeness (QED) is 0.743. The van der Waals surface area contributed by atoms with E-state index < -0.39 is 0 Å². The number of fused-ring (bicyclic) bond motifs is 1. The molecular formula is C20H20ClN3O2. The van der Waals surface area contributed by atoms with Gasteiger partial charge in [-0.1, -0.05) is 48.0 Å². The van der Waals surface area contributed by atoms with Crippen LogP contribution in [0.4, 0.5) is 0 Å². The van der Waals surface area contributed by atoms with Gasteiger partial charge in [-0.15, -0.1) is 0 Å². The van der Waals surface area contributed by atoms with Crippen molar-refractivity contribution >= 4 is 28.4 Å². The van der Waals surface area contributed by atoms with Crippen molar-refractivity contribution in [2.24, 2.45) is 0 Å². The molecule has 1 N–H and O–H groups in total. The first kappa shape index (κ1) is 18.3. The molecule has 0 saturated carbocycles. The summed E-state index contributed by atoms with van der Waals surface area (Å²) in [6.45, 7) is 1.90. The van der Waals surface area contributed by atoms with E-state index in [0.717, 1.165) is 10.9 Å². The Kier molecular flexibility index (Phi) is 5.49. The maximum atomic E-state index is 12.9. The molecule has 1 unspecified atom stereocenters. The molecule has 0 radical (unpaired) electrons. The second kappa shape index (κ2) is 7.81. The fourth-order valence-electron chi connectivity index (χ4n) is 2.77. The van der Waals surface area contributed by atoms with Gasteiger partial charge < -0.3 is 10.0 Å². The van der Waals surface area contributed by atoms with Crippen LogP contribution in [-0.4, -0.2) is 45.6 Å². The molecule has 1 amide bonds. The molecule has 3 aromatic rings. The molecule has 0 aliphatic carbocycles. The number of hydrogen-bond acceptors (Lipinski definition) is 4. The molecule has 134 valence electrons. The van der Waals surface area contributed by atoms with Crippen LogP contribution in [0.3, 0.4) is 0 Å². The van der Waals surface area contributed by atoms with Crippen LogP contribution in [0.2, 0.25) is 5.02 Å². The number of benzene rings is 2. The normalized spacial score (nSPS) is 12.2. The molecular weight excluding hydrogens is 350 g/mol. The maximum absolute atomic E-state index is 12.9. The van der Waals surface area contributed by atoms with E-state index in [4.69, 9.17) is 16.7 Å². The highest BCUT2D eigenvalue weighted by Crippen LogP contribution is 2.31. The Morgan fingerprint density at radius 2 is 1.85 bits per heavy atom. The Bertz CT molecular complexity index is 945. The summed E-state index contributed by atoms with van der Waals surface area (Å²) in [6, 6.07) is 14.8. The molecule has 2 aromatic carbocycles. The number of halogens is 1. The molecule has 0 fully saturated rings. The van der Waals surface area contributed by atoms with Crippen LogP contribution in [0, 0.1) is 0 Å². The van der Waals surface area contributed by atoms with Gasteiger partial charge in [0.15, 0.2) is 0 Å². The average Bonchev–Trinajstić information content (AvgIpc) is 2.66. The molecule has 1 aromatic heterocycles. The van der Waals surface area contributed by atoms with Crippen molar-refractivity contribution in [2.45, 2.75) is 19.4 Å². The Morgan fingerprint density at radius 1 is 1.15 bits per heavy atom. The molecule has 0 bridgehead atoms. The number of amides is 1. The predicted octanol–water partition coefficient (Wildman–Crippen LogP) is 3.79. The van der Waals surface area contributed by atoms with Gasteiger partial charge in [0.2, 0.25) is 5.82 Å². The van der Waals surface area contributed by atoms with E-state index in [1.54, 1.807) is 18.0 Å². The fraction of sp³-hybridized carbons (Fsp3) is 0.250. The third-order valence-corrected chi connectivity index (χ3v) is 4.78. The van der Waals surface area contributed by atoms with Crippen molar-refractivity contribution in [3.05, 3.63) is 59.4 Å². The van der Waals surface area contributed by atoms with Crippen molar-refractivity contribution in [2.75, 3.05) is 13.7 Å². The summed E-state index contributed by atoms with van der Waals surface area (Å²) in [5.41, 5.74) is 2.07. The summed E-state index contributed by atoms with van der Waals surface area (Å²) in [5.74, 6) is -0.170. The number of carbonyl (C=O) groups is 1. The van der Waals surface area contributed by atoms with E-state index in [-0.39, 0.29) is 24.4 Å². The lowest BCUT2D eigenvalue weighted by molar-refractivity contribution is 0.0710. The van der Waals surface area contributed by atoms with Gasteiger partial charge in [0.1, 0.15) is 0 Å². The summed E-state index contributed by atoms with van der Waals surface area (Å²) in [6.07, 6.45) is 0.493. The molecule has 3 rings (SSSR count). The highest BCUT2D eigenvalue weighted by atomic mass is 35.5. The van der Waals surface area contributed by atoms with Crippen LogP contribution >= 0.6 is 11.6 Å². The van der Waals surface area contributed by atoms with Gasteiger partial charge in [-0.3, -0.25) is 4.79 Å². The minimum Gasteiger partial charge on any atom is -0.396 e. The van der Waals surface area contributed by atoms with Gasteiger partial charge in [-0.05, 0) is 25.5 Å². The molecule has 0 aliphatic rings. The molecule has 0 aliphatic heterocycles. The first-order chi connectivity index (χ1) is 12.5. The molecule has 6 heteroatoms. The van der Waals surface area contributed by atoms with Gasteiger partial charge in [0.05, 0.1) is 11.2 Å². The predicted molar refractivity (Wildman–Crippen MR) is 103 cm³/mol. The highest BCUT2D eigenvalue weighted by Gasteiger charge is 2.22. The zero-order valence-corrected chi connectivity index (χ0v) is 15.4. The number of rotatable bonds is 5. The van der Waals surface area contributed by atoms with Gasteiger partial charge in [-0.2, -0.15) is 0 Å². The number of aliphatic hydroxyl groups excluding tert-OH is 1. The number of nitrogens with zero attached hydrogens (tertiary/aromatic N) is 3. The number of aromatic nitrogens is 2. The Hall–Kier alpha value is -2.50. The number of hydrogen-bond donors (Lipinski definition) is 1. The van der Waals surface area contributed by atoms with Crippen molar-refractivity contribution in [3.8, 4) is 11.3 Å². The van der Waals surface area contributed by atoms with Crippen LogP contribution in [0.15, 0.2) is 48.5 Å². The SMILES string of the molecule is CC(CCO)N(C)C(=O)c1nc(-c2ccccc2Cl)c2ccccc2n1. The molecule has 26 heavy (non-hydrogen) atoms. The van der Waals surface area contributed by atoms with Gasteiger partial charge in [-0.25, -0.2) is 9.97 Å². The van der Waals surface area contributed by atoms with Crippen LogP contribution in [-0.2, 0) is 0 Å². The molecule has 1 heterocycles. The molecule has 1 atom stereocenters. The molecule has 5 nitrogen and oxygen atoms in total. The summed E-state index contributed by atoms with van der Waals surface area (Å²) in [7, 11) is 1.69. The fourth-order valence-corrected chi connectivity index (χ4v) is 2.99. The third-order valence-electron chi connectivity index (χ3n) is 4.45. The van der Waals surface area contributed by atoms with Crippen LogP contribution in [0.25, 0.3) is 22.2 Å². The summed E-state index contributed by atoms with van der Waals surface area (Å²) < 4.78 is 0. The zero-order valence-electron chi connectivity index (χ0n) is 14.7.